The molecule has 1 amide bonds. The molecule has 2 aromatic carbocycles. The molecule has 1 unspecified atom stereocenters. The van der Waals surface area contributed by atoms with Crippen LogP contribution in [0.15, 0.2) is 41.3 Å². The number of methoxy groups -OCH3 is 1. The van der Waals surface area contributed by atoms with Crippen LogP contribution in [-0.2, 0) is 6.42 Å². The molecule has 1 heterocycles. The molecule has 8 heteroatoms. The van der Waals surface area contributed by atoms with Gasteiger partial charge in [0.15, 0.2) is 0 Å². The molecule has 0 fully saturated rings. The van der Waals surface area contributed by atoms with Crippen LogP contribution >= 0.6 is 11.8 Å². The Balaban J connectivity index is 1.72. The number of amides is 1. The maximum absolute atomic E-state index is 12.7. The summed E-state index contributed by atoms with van der Waals surface area (Å²) in [5, 5.41) is 14.2. The quantitative estimate of drug-likeness (QED) is 0.434. The maximum atomic E-state index is 12.7. The van der Waals surface area contributed by atoms with Gasteiger partial charge in [-0.1, -0.05) is 18.2 Å². The van der Waals surface area contributed by atoms with Gasteiger partial charge in [0.1, 0.15) is 11.3 Å². The summed E-state index contributed by atoms with van der Waals surface area (Å²) in [7, 11) is 1.45. The van der Waals surface area contributed by atoms with Gasteiger partial charge in [-0.3, -0.25) is 14.9 Å². The fraction of sp³-hybridized carbons (Fsp3) is 0.350. The van der Waals surface area contributed by atoms with Gasteiger partial charge in [0.25, 0.3) is 11.6 Å². The third-order valence-corrected chi connectivity index (χ3v) is 5.69. The predicted molar refractivity (Wildman–Crippen MR) is 111 cm³/mol. The van der Waals surface area contributed by atoms with E-state index in [1.807, 2.05) is 18.4 Å². The van der Waals surface area contributed by atoms with Crippen molar-refractivity contribution >= 4 is 29.0 Å². The Morgan fingerprint density at radius 2 is 2.14 bits per heavy atom. The van der Waals surface area contributed by atoms with Gasteiger partial charge < -0.3 is 15.0 Å². The first-order chi connectivity index (χ1) is 13.5. The molecule has 0 radical (unpaired) electrons. The molecule has 1 N–H and O–H groups in total. The molecule has 0 saturated heterocycles. The van der Waals surface area contributed by atoms with E-state index in [1.165, 1.54) is 42.3 Å². The van der Waals surface area contributed by atoms with E-state index in [4.69, 9.17) is 4.74 Å². The highest BCUT2D eigenvalue weighted by Crippen LogP contribution is 2.34. The monoisotopic (exact) mass is 401 g/mol. The number of ether oxygens (including phenoxy) is 1. The van der Waals surface area contributed by atoms with E-state index in [1.54, 1.807) is 0 Å². The average molecular weight is 401 g/mol. The molecule has 148 valence electrons. The van der Waals surface area contributed by atoms with Crippen molar-refractivity contribution in [3.63, 3.8) is 0 Å². The molecule has 0 aliphatic carbocycles. The van der Waals surface area contributed by atoms with Crippen molar-refractivity contribution in [1.82, 2.24) is 5.32 Å². The third kappa shape index (κ3) is 3.91. The van der Waals surface area contributed by atoms with Crippen molar-refractivity contribution in [2.45, 2.75) is 24.3 Å². The Bertz CT molecular complexity index is 903. The lowest BCUT2D eigenvalue weighted by Gasteiger charge is -2.25. The molecular formula is C20H23N3O4S. The normalized spacial score (nSPS) is 15.2. The number of carbonyl (C=O) groups is 1. The molecule has 7 nitrogen and oxygen atoms in total. The Labute approximate surface area is 168 Å². The number of anilines is 1. The van der Waals surface area contributed by atoms with Crippen LogP contribution in [0.1, 0.15) is 22.8 Å². The largest absolute Gasteiger partial charge is 0.495 e. The number of nitro groups is 1. The highest BCUT2D eigenvalue weighted by molar-refractivity contribution is 7.98. The van der Waals surface area contributed by atoms with Gasteiger partial charge in [0.05, 0.1) is 23.0 Å². The highest BCUT2D eigenvalue weighted by Gasteiger charge is 2.26. The lowest BCUT2D eigenvalue weighted by Crippen LogP contribution is -2.38. The van der Waals surface area contributed by atoms with Gasteiger partial charge in [-0.05, 0) is 37.3 Å². The molecule has 2 aromatic rings. The zero-order valence-corrected chi connectivity index (χ0v) is 16.9. The van der Waals surface area contributed by atoms with E-state index in [0.29, 0.717) is 29.8 Å². The molecule has 0 spiro atoms. The summed E-state index contributed by atoms with van der Waals surface area (Å²) in [5.74, 6) is -0.0666. The second kappa shape index (κ2) is 8.52. The highest BCUT2D eigenvalue weighted by atomic mass is 32.2. The second-order valence-corrected chi connectivity index (χ2v) is 7.46. The number of rotatable bonds is 7. The van der Waals surface area contributed by atoms with Crippen LogP contribution in [0.4, 0.5) is 11.4 Å². The molecular weight excluding hydrogens is 378 g/mol. The number of hydrogen-bond acceptors (Lipinski definition) is 6. The second-order valence-electron chi connectivity index (χ2n) is 6.61. The van der Waals surface area contributed by atoms with Gasteiger partial charge in [-0.25, -0.2) is 0 Å². The minimum Gasteiger partial charge on any atom is -0.495 e. The summed E-state index contributed by atoms with van der Waals surface area (Å²) in [4.78, 5) is 26.4. The van der Waals surface area contributed by atoms with Gasteiger partial charge in [-0.15, -0.1) is 11.8 Å². The van der Waals surface area contributed by atoms with Crippen LogP contribution in [0.25, 0.3) is 0 Å². The van der Waals surface area contributed by atoms with Gasteiger partial charge in [0, 0.05) is 24.8 Å². The number of thioether (sulfide) groups is 1. The first-order valence-electron chi connectivity index (χ1n) is 8.99. The molecule has 0 saturated carbocycles. The summed E-state index contributed by atoms with van der Waals surface area (Å²) in [5.41, 5.74) is 2.28. The van der Waals surface area contributed by atoms with E-state index >= 15 is 0 Å². The molecule has 1 atom stereocenters. The first kappa shape index (κ1) is 20.0. The van der Waals surface area contributed by atoms with Crippen molar-refractivity contribution in [3.05, 3.63) is 57.6 Å². The fourth-order valence-corrected chi connectivity index (χ4v) is 4.14. The Hall–Kier alpha value is -2.74. The molecule has 3 rings (SSSR count). The fourth-order valence-electron chi connectivity index (χ4n) is 3.56. The molecule has 0 bridgehead atoms. The van der Waals surface area contributed by atoms with Crippen LogP contribution in [0.3, 0.4) is 0 Å². The Kier molecular flexibility index (Phi) is 6.08. The first-order valence-corrected chi connectivity index (χ1v) is 10.2. The summed E-state index contributed by atoms with van der Waals surface area (Å²) in [6.45, 7) is 3.19. The standard InChI is InChI=1S/C20H23N3O4S/c1-13-10-14-6-4-5-7-16(14)22(13)9-8-21-20(24)15-11-19(28-3)18(27-2)12-17(15)23(25)26/h4-7,11-13H,8-10H2,1-3H3,(H,21,24). The Morgan fingerprint density at radius 1 is 1.39 bits per heavy atom. The number of benzene rings is 2. The van der Waals surface area contributed by atoms with Gasteiger partial charge in [-0.2, -0.15) is 0 Å². The summed E-state index contributed by atoms with van der Waals surface area (Å²) < 4.78 is 5.19. The lowest BCUT2D eigenvalue weighted by molar-refractivity contribution is -0.385. The molecule has 1 aliphatic rings. The van der Waals surface area contributed by atoms with Crippen molar-refractivity contribution in [1.29, 1.82) is 0 Å². The number of hydrogen-bond donors (Lipinski definition) is 1. The van der Waals surface area contributed by atoms with Gasteiger partial charge in [0.2, 0.25) is 0 Å². The van der Waals surface area contributed by atoms with Gasteiger partial charge >= 0.3 is 0 Å². The van der Waals surface area contributed by atoms with Crippen LogP contribution in [-0.4, -0.2) is 43.3 Å². The summed E-state index contributed by atoms with van der Waals surface area (Å²) in [6, 6.07) is 11.4. The molecule has 28 heavy (non-hydrogen) atoms. The minimum absolute atomic E-state index is 0.0463. The number of carbonyl (C=O) groups excluding carboxylic acids is 1. The number of nitrogens with zero attached hydrogens (tertiary/aromatic N) is 2. The SMILES string of the molecule is COc1cc([N+](=O)[O-])c(C(=O)NCCN2c3ccccc3CC2C)cc1SC. The van der Waals surface area contributed by atoms with Crippen molar-refractivity contribution < 1.29 is 14.5 Å². The van der Waals surface area contributed by atoms with Crippen molar-refractivity contribution in [2.24, 2.45) is 0 Å². The van der Waals surface area contributed by atoms with E-state index < -0.39 is 10.8 Å². The van der Waals surface area contributed by atoms with Crippen LogP contribution < -0.4 is 15.0 Å². The number of nitro benzene ring substituents is 1. The summed E-state index contributed by atoms with van der Waals surface area (Å²) in [6.07, 6.45) is 2.81. The zero-order chi connectivity index (χ0) is 20.3. The number of fused-ring (bicyclic) bond motifs is 1. The predicted octanol–water partition coefficient (Wildman–Crippen LogP) is 3.51. The van der Waals surface area contributed by atoms with E-state index in [0.717, 1.165) is 6.42 Å². The lowest BCUT2D eigenvalue weighted by atomic mass is 10.1. The average Bonchev–Trinajstić information content (AvgIpc) is 3.02. The summed E-state index contributed by atoms with van der Waals surface area (Å²) >= 11 is 1.37. The zero-order valence-electron chi connectivity index (χ0n) is 16.1. The van der Waals surface area contributed by atoms with E-state index in [2.05, 4.69) is 29.3 Å². The van der Waals surface area contributed by atoms with Crippen molar-refractivity contribution in [3.8, 4) is 5.75 Å². The number of nitrogens with one attached hydrogen (secondary N) is 1. The molecule has 0 aromatic heterocycles. The number of para-hydroxylation sites is 1. The smallest absolute Gasteiger partial charge is 0.285 e. The van der Waals surface area contributed by atoms with E-state index in [9.17, 15) is 14.9 Å². The van der Waals surface area contributed by atoms with E-state index in [-0.39, 0.29) is 11.3 Å². The van der Waals surface area contributed by atoms with Crippen LogP contribution in [0.5, 0.6) is 5.75 Å². The topological polar surface area (TPSA) is 84.7 Å². The Morgan fingerprint density at radius 3 is 2.82 bits per heavy atom. The van der Waals surface area contributed by atoms with Crippen LogP contribution in [0.2, 0.25) is 0 Å². The van der Waals surface area contributed by atoms with Crippen LogP contribution in [0, 0.1) is 10.1 Å². The third-order valence-electron chi connectivity index (χ3n) is 4.93. The molecule has 1 aliphatic heterocycles. The maximum Gasteiger partial charge on any atom is 0.285 e. The van der Waals surface area contributed by atoms with Crippen molar-refractivity contribution in [2.75, 3.05) is 31.4 Å². The minimum atomic E-state index is -0.555.